The Balaban J connectivity index is 1.87. The molecular formula is C13H11N5O2. The van der Waals surface area contributed by atoms with E-state index in [1.807, 2.05) is 10.9 Å². The summed E-state index contributed by atoms with van der Waals surface area (Å²) < 4.78 is 3.54. The van der Waals surface area contributed by atoms with Gasteiger partial charge in [-0.2, -0.15) is 10.2 Å². The maximum absolute atomic E-state index is 11.0. The van der Waals surface area contributed by atoms with Crippen molar-refractivity contribution in [3.8, 4) is 11.3 Å². The Morgan fingerprint density at radius 2 is 2.15 bits per heavy atom. The molecule has 0 unspecified atom stereocenters. The molecule has 1 aliphatic heterocycles. The van der Waals surface area contributed by atoms with Gasteiger partial charge in [0.2, 0.25) is 0 Å². The molecule has 0 radical (unpaired) electrons. The SMILES string of the molecule is O=C(O)c1cnn2cc(-c3cnn4c3CCC4)ncc12. The summed E-state index contributed by atoms with van der Waals surface area (Å²) in [6.07, 6.45) is 8.54. The van der Waals surface area contributed by atoms with Gasteiger partial charge < -0.3 is 5.11 Å². The predicted octanol–water partition coefficient (Wildman–Crippen LogP) is 1.24. The highest BCUT2D eigenvalue weighted by Gasteiger charge is 2.19. The minimum atomic E-state index is -0.999. The van der Waals surface area contributed by atoms with Crippen LogP contribution in [0.4, 0.5) is 0 Å². The number of fused-ring (bicyclic) bond motifs is 2. The second kappa shape index (κ2) is 3.89. The van der Waals surface area contributed by atoms with Gasteiger partial charge >= 0.3 is 5.97 Å². The summed E-state index contributed by atoms with van der Waals surface area (Å²) in [4.78, 5) is 15.4. The van der Waals surface area contributed by atoms with Gasteiger partial charge in [-0.3, -0.25) is 9.67 Å². The van der Waals surface area contributed by atoms with Crippen LogP contribution in [0.3, 0.4) is 0 Å². The molecule has 0 aliphatic carbocycles. The van der Waals surface area contributed by atoms with E-state index in [9.17, 15) is 4.79 Å². The minimum absolute atomic E-state index is 0.157. The summed E-state index contributed by atoms with van der Waals surface area (Å²) >= 11 is 0. The number of hydrogen-bond donors (Lipinski definition) is 1. The van der Waals surface area contributed by atoms with E-state index in [-0.39, 0.29) is 5.56 Å². The standard InChI is InChI=1S/C13H11N5O2/c19-13(20)9-5-16-18-7-10(14-6-12(9)18)8-4-15-17-3-1-2-11(8)17/h4-7H,1-3H2,(H,19,20). The molecule has 100 valence electrons. The molecule has 0 atom stereocenters. The number of hydrogen-bond acceptors (Lipinski definition) is 4. The molecule has 4 rings (SSSR count). The lowest BCUT2D eigenvalue weighted by Crippen LogP contribution is -1.98. The van der Waals surface area contributed by atoms with Crippen molar-refractivity contribution >= 4 is 11.5 Å². The zero-order valence-corrected chi connectivity index (χ0v) is 10.5. The molecule has 7 heteroatoms. The molecule has 0 saturated carbocycles. The molecular weight excluding hydrogens is 258 g/mol. The molecule has 0 aromatic carbocycles. The lowest BCUT2D eigenvalue weighted by Gasteiger charge is -2.01. The van der Waals surface area contributed by atoms with E-state index in [2.05, 4.69) is 15.2 Å². The summed E-state index contributed by atoms with van der Waals surface area (Å²) in [5.41, 5.74) is 3.59. The van der Waals surface area contributed by atoms with Crippen LogP contribution in [-0.2, 0) is 13.0 Å². The number of aromatic carboxylic acids is 1. The Bertz CT molecular complexity index is 833. The first-order chi connectivity index (χ1) is 9.74. The van der Waals surface area contributed by atoms with Gasteiger partial charge in [-0.25, -0.2) is 9.31 Å². The van der Waals surface area contributed by atoms with Crippen LogP contribution in [0.2, 0.25) is 0 Å². The summed E-state index contributed by atoms with van der Waals surface area (Å²) in [6.45, 7) is 0.947. The van der Waals surface area contributed by atoms with E-state index in [0.29, 0.717) is 5.52 Å². The molecule has 0 spiro atoms. The zero-order chi connectivity index (χ0) is 13.7. The van der Waals surface area contributed by atoms with Crippen LogP contribution in [0.5, 0.6) is 0 Å². The monoisotopic (exact) mass is 269 g/mol. The number of carboxylic acid groups (broad SMARTS) is 1. The quantitative estimate of drug-likeness (QED) is 0.756. The minimum Gasteiger partial charge on any atom is -0.478 e. The number of nitrogens with zero attached hydrogens (tertiary/aromatic N) is 5. The first-order valence-corrected chi connectivity index (χ1v) is 6.36. The number of aromatic nitrogens is 5. The molecule has 3 aromatic heterocycles. The lowest BCUT2D eigenvalue weighted by molar-refractivity contribution is 0.0699. The van der Waals surface area contributed by atoms with E-state index < -0.39 is 5.97 Å². The fraction of sp³-hybridized carbons (Fsp3) is 0.231. The van der Waals surface area contributed by atoms with Crippen LogP contribution in [0.1, 0.15) is 22.5 Å². The summed E-state index contributed by atoms with van der Waals surface area (Å²) in [5.74, 6) is -0.999. The van der Waals surface area contributed by atoms with E-state index >= 15 is 0 Å². The highest BCUT2D eigenvalue weighted by atomic mass is 16.4. The van der Waals surface area contributed by atoms with Crippen LogP contribution in [0, 0.1) is 0 Å². The third-order valence-electron chi connectivity index (χ3n) is 3.64. The maximum Gasteiger partial charge on any atom is 0.339 e. The topological polar surface area (TPSA) is 85.3 Å². The van der Waals surface area contributed by atoms with Crippen molar-refractivity contribution in [1.82, 2.24) is 24.4 Å². The highest BCUT2D eigenvalue weighted by molar-refractivity contribution is 5.95. The Kier molecular flexibility index (Phi) is 2.17. The lowest BCUT2D eigenvalue weighted by atomic mass is 10.1. The van der Waals surface area contributed by atoms with Crippen LogP contribution in [0.25, 0.3) is 16.8 Å². The molecule has 0 fully saturated rings. The summed E-state index contributed by atoms with van der Waals surface area (Å²) in [7, 11) is 0. The van der Waals surface area contributed by atoms with Gasteiger partial charge in [0.15, 0.2) is 0 Å². The van der Waals surface area contributed by atoms with Gasteiger partial charge in [0.1, 0.15) is 5.56 Å². The molecule has 0 saturated heterocycles. The van der Waals surface area contributed by atoms with Gasteiger partial charge in [-0.15, -0.1) is 0 Å². The van der Waals surface area contributed by atoms with Gasteiger partial charge in [0.25, 0.3) is 0 Å². The Labute approximate surface area is 113 Å². The Morgan fingerprint density at radius 3 is 3.00 bits per heavy atom. The fourth-order valence-electron chi connectivity index (χ4n) is 2.66. The van der Waals surface area contributed by atoms with Crippen LogP contribution >= 0.6 is 0 Å². The third kappa shape index (κ3) is 1.46. The number of aryl methyl sites for hydroxylation is 1. The predicted molar refractivity (Wildman–Crippen MR) is 69.5 cm³/mol. The first-order valence-electron chi connectivity index (χ1n) is 6.36. The maximum atomic E-state index is 11.0. The smallest absolute Gasteiger partial charge is 0.339 e. The Hall–Kier alpha value is -2.70. The average molecular weight is 269 g/mol. The van der Waals surface area contributed by atoms with Crippen molar-refractivity contribution in [2.24, 2.45) is 0 Å². The normalized spacial score (nSPS) is 13.8. The van der Waals surface area contributed by atoms with Crippen molar-refractivity contribution in [3.63, 3.8) is 0 Å². The molecule has 0 bridgehead atoms. The van der Waals surface area contributed by atoms with Crippen molar-refractivity contribution in [1.29, 1.82) is 0 Å². The van der Waals surface area contributed by atoms with Gasteiger partial charge in [0.05, 0.1) is 36.0 Å². The number of carbonyl (C=O) groups is 1. The third-order valence-corrected chi connectivity index (χ3v) is 3.64. The first kappa shape index (κ1) is 11.2. The molecule has 7 nitrogen and oxygen atoms in total. The van der Waals surface area contributed by atoms with E-state index in [1.54, 1.807) is 16.9 Å². The number of carboxylic acids is 1. The van der Waals surface area contributed by atoms with E-state index in [0.717, 1.165) is 30.6 Å². The van der Waals surface area contributed by atoms with Crippen molar-refractivity contribution in [2.75, 3.05) is 0 Å². The largest absolute Gasteiger partial charge is 0.478 e. The second-order valence-electron chi connectivity index (χ2n) is 4.80. The van der Waals surface area contributed by atoms with Crippen molar-refractivity contribution < 1.29 is 9.90 Å². The summed E-state index contributed by atoms with van der Waals surface area (Å²) in [6, 6.07) is 0. The average Bonchev–Trinajstić information content (AvgIpc) is 3.12. The van der Waals surface area contributed by atoms with Crippen molar-refractivity contribution in [3.05, 3.63) is 36.0 Å². The highest BCUT2D eigenvalue weighted by Crippen LogP contribution is 2.27. The van der Waals surface area contributed by atoms with Crippen molar-refractivity contribution in [2.45, 2.75) is 19.4 Å². The fourth-order valence-corrected chi connectivity index (χ4v) is 2.66. The summed E-state index contributed by atoms with van der Waals surface area (Å²) in [5, 5.41) is 17.5. The molecule has 3 aromatic rings. The molecule has 20 heavy (non-hydrogen) atoms. The van der Waals surface area contributed by atoms with Crippen LogP contribution in [-0.4, -0.2) is 35.5 Å². The van der Waals surface area contributed by atoms with Gasteiger partial charge in [-0.05, 0) is 12.8 Å². The molecule has 1 N–H and O–H groups in total. The van der Waals surface area contributed by atoms with Crippen LogP contribution in [0.15, 0.2) is 24.8 Å². The Morgan fingerprint density at radius 1 is 1.25 bits per heavy atom. The van der Waals surface area contributed by atoms with E-state index in [4.69, 9.17) is 5.11 Å². The molecule has 4 heterocycles. The van der Waals surface area contributed by atoms with Gasteiger partial charge in [-0.1, -0.05) is 0 Å². The zero-order valence-electron chi connectivity index (χ0n) is 10.5. The second-order valence-corrected chi connectivity index (χ2v) is 4.80. The molecule has 1 aliphatic rings. The van der Waals surface area contributed by atoms with Crippen LogP contribution < -0.4 is 0 Å². The molecule has 0 amide bonds. The van der Waals surface area contributed by atoms with Gasteiger partial charge in [0, 0.05) is 17.8 Å². The number of rotatable bonds is 2. The van der Waals surface area contributed by atoms with E-state index in [1.165, 1.54) is 11.9 Å².